The smallest absolute Gasteiger partial charge is 0.321 e. The molecule has 0 saturated carbocycles. The molecule has 0 heterocycles. The molecule has 0 aliphatic heterocycles. The molecule has 1 aromatic rings. The summed E-state index contributed by atoms with van der Waals surface area (Å²) >= 11 is 0. The van der Waals surface area contributed by atoms with Crippen molar-refractivity contribution in [3.05, 3.63) is 30.3 Å². The van der Waals surface area contributed by atoms with Crippen molar-refractivity contribution in [2.24, 2.45) is 0 Å². The van der Waals surface area contributed by atoms with E-state index in [4.69, 9.17) is 4.74 Å². The Hall–Kier alpha value is -2.46. The lowest BCUT2D eigenvalue weighted by atomic mass is 10.4. The topological polar surface area (TPSA) is 131 Å². The Morgan fingerprint density at radius 1 is 1.17 bits per heavy atom. The van der Waals surface area contributed by atoms with E-state index in [0.717, 1.165) is 0 Å². The summed E-state index contributed by atoms with van der Waals surface area (Å²) in [4.78, 5) is 34.0. The molecule has 1 aromatic carbocycles. The Labute approximate surface area is 133 Å². The number of imide groups is 1. The monoisotopic (exact) mass is 343 g/mol. The summed E-state index contributed by atoms with van der Waals surface area (Å²) in [5.41, 5.74) is 0. The molecule has 1 atom stereocenters. The molecule has 0 aromatic heterocycles. The van der Waals surface area contributed by atoms with E-state index in [9.17, 15) is 22.8 Å². The normalized spacial score (nSPS) is 12.1. The van der Waals surface area contributed by atoms with Gasteiger partial charge in [0.15, 0.2) is 6.10 Å². The zero-order valence-electron chi connectivity index (χ0n) is 12.5. The van der Waals surface area contributed by atoms with E-state index in [-0.39, 0.29) is 4.90 Å². The van der Waals surface area contributed by atoms with Crippen LogP contribution in [-0.4, -0.2) is 46.0 Å². The number of carbonyl (C=O) groups excluding carboxylic acids is 3. The molecule has 0 saturated heterocycles. The fourth-order valence-electron chi connectivity index (χ4n) is 1.41. The van der Waals surface area contributed by atoms with E-state index >= 15 is 0 Å². The zero-order valence-corrected chi connectivity index (χ0v) is 13.3. The molecule has 0 unspecified atom stereocenters. The van der Waals surface area contributed by atoms with Crippen molar-refractivity contribution < 1.29 is 27.5 Å². The fraction of sp³-hybridized carbons (Fsp3) is 0.308. The Morgan fingerprint density at radius 3 is 2.35 bits per heavy atom. The Morgan fingerprint density at radius 2 is 1.78 bits per heavy atom. The third kappa shape index (κ3) is 6.04. The van der Waals surface area contributed by atoms with E-state index in [2.05, 4.69) is 10.0 Å². The molecule has 0 aliphatic rings. The van der Waals surface area contributed by atoms with Crippen LogP contribution in [0.3, 0.4) is 0 Å². The van der Waals surface area contributed by atoms with Gasteiger partial charge in [-0.05, 0) is 19.1 Å². The van der Waals surface area contributed by atoms with Gasteiger partial charge in [0.25, 0.3) is 5.91 Å². The van der Waals surface area contributed by atoms with Crippen molar-refractivity contribution in [3.63, 3.8) is 0 Å². The van der Waals surface area contributed by atoms with Crippen LogP contribution in [-0.2, 0) is 24.3 Å². The van der Waals surface area contributed by atoms with Gasteiger partial charge < -0.3 is 10.1 Å². The zero-order chi connectivity index (χ0) is 17.5. The predicted molar refractivity (Wildman–Crippen MR) is 79.8 cm³/mol. The molecule has 3 amide bonds. The SMILES string of the molecule is CNC(=O)NC(=O)[C@H](C)OC(=O)CNS(=O)(=O)c1ccccc1. The molecule has 10 heteroatoms. The molecule has 0 fully saturated rings. The van der Waals surface area contributed by atoms with Gasteiger partial charge in [0.2, 0.25) is 10.0 Å². The van der Waals surface area contributed by atoms with E-state index in [0.29, 0.717) is 0 Å². The standard InChI is InChI=1S/C13H17N3O6S/c1-9(12(18)16-13(19)14-2)22-11(17)8-15-23(20,21)10-6-4-3-5-7-10/h3-7,9,15H,8H2,1-2H3,(H2,14,16,18,19)/t9-/m0/s1. The lowest BCUT2D eigenvalue weighted by Gasteiger charge is -2.13. The highest BCUT2D eigenvalue weighted by Gasteiger charge is 2.21. The van der Waals surface area contributed by atoms with Gasteiger partial charge in [-0.15, -0.1) is 0 Å². The molecular formula is C13H17N3O6S. The number of nitrogens with one attached hydrogen (secondary N) is 3. The summed E-state index contributed by atoms with van der Waals surface area (Å²) < 4.78 is 30.6. The molecular weight excluding hydrogens is 326 g/mol. The van der Waals surface area contributed by atoms with Gasteiger partial charge in [0, 0.05) is 7.05 Å². The van der Waals surface area contributed by atoms with Crippen molar-refractivity contribution in [3.8, 4) is 0 Å². The highest BCUT2D eigenvalue weighted by Crippen LogP contribution is 2.06. The molecule has 9 nitrogen and oxygen atoms in total. The van der Waals surface area contributed by atoms with Crippen LogP contribution >= 0.6 is 0 Å². The summed E-state index contributed by atoms with van der Waals surface area (Å²) in [6.45, 7) is 0.608. The number of sulfonamides is 1. The maximum Gasteiger partial charge on any atom is 0.321 e. The lowest BCUT2D eigenvalue weighted by Crippen LogP contribution is -2.44. The van der Waals surface area contributed by atoms with E-state index in [1.807, 2.05) is 5.32 Å². The quantitative estimate of drug-likeness (QED) is 0.589. The Balaban J connectivity index is 2.51. The molecule has 23 heavy (non-hydrogen) atoms. The average Bonchev–Trinajstić information content (AvgIpc) is 2.53. The van der Waals surface area contributed by atoms with E-state index < -0.39 is 40.6 Å². The number of hydrogen-bond acceptors (Lipinski definition) is 6. The second-order valence-corrected chi connectivity index (χ2v) is 6.11. The van der Waals surface area contributed by atoms with Gasteiger partial charge in [-0.1, -0.05) is 18.2 Å². The fourth-order valence-corrected chi connectivity index (χ4v) is 2.40. The van der Waals surface area contributed by atoms with Gasteiger partial charge in [-0.25, -0.2) is 13.2 Å². The first-order valence-electron chi connectivity index (χ1n) is 6.53. The van der Waals surface area contributed by atoms with Crippen molar-refractivity contribution in [2.45, 2.75) is 17.9 Å². The first-order valence-corrected chi connectivity index (χ1v) is 8.01. The van der Waals surface area contributed by atoms with Crippen LogP contribution in [0.4, 0.5) is 4.79 Å². The molecule has 126 valence electrons. The summed E-state index contributed by atoms with van der Waals surface area (Å²) in [6.07, 6.45) is -1.25. The highest BCUT2D eigenvalue weighted by atomic mass is 32.2. The van der Waals surface area contributed by atoms with Gasteiger partial charge in [-0.2, -0.15) is 4.72 Å². The summed E-state index contributed by atoms with van der Waals surface area (Å²) in [5, 5.41) is 4.09. The second-order valence-electron chi connectivity index (χ2n) is 4.34. The number of urea groups is 1. The minimum absolute atomic E-state index is 0.00166. The molecule has 0 spiro atoms. The van der Waals surface area contributed by atoms with E-state index in [1.54, 1.807) is 6.07 Å². The van der Waals surface area contributed by atoms with Crippen LogP contribution in [0.1, 0.15) is 6.92 Å². The molecule has 1 rings (SSSR count). The van der Waals surface area contributed by atoms with Crippen LogP contribution < -0.4 is 15.4 Å². The number of amides is 3. The van der Waals surface area contributed by atoms with E-state index in [1.165, 1.54) is 38.2 Å². The van der Waals surface area contributed by atoms with Crippen molar-refractivity contribution >= 4 is 27.9 Å². The number of esters is 1. The third-order valence-electron chi connectivity index (χ3n) is 2.60. The molecule has 0 aliphatic carbocycles. The maximum absolute atomic E-state index is 11.9. The van der Waals surface area contributed by atoms with Crippen molar-refractivity contribution in [1.82, 2.24) is 15.4 Å². The number of hydrogen-bond donors (Lipinski definition) is 3. The van der Waals surface area contributed by atoms with Crippen LogP contribution in [0.5, 0.6) is 0 Å². The first kappa shape index (κ1) is 18.6. The number of carbonyl (C=O) groups is 3. The maximum atomic E-state index is 11.9. The summed E-state index contributed by atoms with van der Waals surface area (Å²) in [7, 11) is -2.53. The largest absolute Gasteiger partial charge is 0.452 e. The highest BCUT2D eigenvalue weighted by molar-refractivity contribution is 7.89. The second kappa shape index (κ2) is 8.25. The first-order chi connectivity index (χ1) is 10.8. The van der Waals surface area contributed by atoms with Gasteiger partial charge in [-0.3, -0.25) is 14.9 Å². The van der Waals surface area contributed by atoms with Crippen molar-refractivity contribution in [1.29, 1.82) is 0 Å². The molecule has 0 radical (unpaired) electrons. The number of ether oxygens (including phenoxy) is 1. The van der Waals surface area contributed by atoms with Crippen LogP contribution in [0.2, 0.25) is 0 Å². The lowest BCUT2D eigenvalue weighted by molar-refractivity contribution is -0.153. The summed E-state index contributed by atoms with van der Waals surface area (Å²) in [5.74, 6) is -1.78. The number of benzene rings is 1. The Bertz CT molecular complexity index is 674. The van der Waals surface area contributed by atoms with Crippen molar-refractivity contribution in [2.75, 3.05) is 13.6 Å². The predicted octanol–water partition coefficient (Wildman–Crippen LogP) is -0.648. The van der Waals surface area contributed by atoms with Gasteiger partial charge >= 0.3 is 12.0 Å². The number of rotatable bonds is 6. The average molecular weight is 343 g/mol. The molecule has 3 N–H and O–H groups in total. The van der Waals surface area contributed by atoms with Crippen LogP contribution in [0.15, 0.2) is 35.2 Å². The van der Waals surface area contributed by atoms with Crippen LogP contribution in [0, 0.1) is 0 Å². The molecule has 0 bridgehead atoms. The third-order valence-corrected chi connectivity index (χ3v) is 4.02. The summed E-state index contributed by atoms with van der Waals surface area (Å²) in [6, 6.07) is 6.72. The minimum atomic E-state index is -3.85. The van der Waals surface area contributed by atoms with Gasteiger partial charge in [0.1, 0.15) is 6.54 Å². The van der Waals surface area contributed by atoms with Gasteiger partial charge in [0.05, 0.1) is 4.90 Å². The van der Waals surface area contributed by atoms with Crippen LogP contribution in [0.25, 0.3) is 0 Å². The minimum Gasteiger partial charge on any atom is -0.452 e. The Kier molecular flexibility index (Phi) is 6.66.